The van der Waals surface area contributed by atoms with E-state index in [0.717, 1.165) is 30.0 Å². The minimum atomic E-state index is -0.120. The van der Waals surface area contributed by atoms with Crippen molar-refractivity contribution < 1.29 is 9.59 Å². The molecule has 0 aromatic heterocycles. The monoisotopic (exact) mass is 315 g/mol. The maximum Gasteiger partial charge on any atom is 0.242 e. The molecule has 1 aromatic carbocycles. The number of hydrogen-bond acceptors (Lipinski definition) is 3. The molecule has 4 atom stereocenters. The Balaban J connectivity index is 1.68. The molecule has 3 nitrogen and oxygen atoms in total. The van der Waals surface area contributed by atoms with Crippen molar-refractivity contribution in [1.82, 2.24) is 4.31 Å². The fourth-order valence-electron chi connectivity index (χ4n) is 4.99. The van der Waals surface area contributed by atoms with Gasteiger partial charge < -0.3 is 0 Å². The lowest BCUT2D eigenvalue weighted by Gasteiger charge is -2.48. The van der Waals surface area contributed by atoms with Crippen LogP contribution in [0.4, 0.5) is 0 Å². The highest BCUT2D eigenvalue weighted by Crippen LogP contribution is 2.52. The predicted molar refractivity (Wildman–Crippen MR) is 87.4 cm³/mol. The molecule has 2 aliphatic carbocycles. The highest BCUT2D eigenvalue weighted by atomic mass is 32.1. The second-order valence-corrected chi connectivity index (χ2v) is 7.51. The van der Waals surface area contributed by atoms with Gasteiger partial charge in [-0.1, -0.05) is 36.6 Å². The number of rotatable bonds is 0. The zero-order chi connectivity index (χ0) is 15.4. The van der Waals surface area contributed by atoms with E-state index < -0.39 is 0 Å². The van der Waals surface area contributed by atoms with Crippen LogP contribution in [0.1, 0.15) is 48.3 Å². The van der Waals surface area contributed by atoms with Crippen LogP contribution in [0.5, 0.6) is 0 Å². The molecule has 4 heteroatoms. The maximum absolute atomic E-state index is 12.4. The van der Waals surface area contributed by atoms with Gasteiger partial charge in [-0.15, -0.1) is 0 Å². The van der Waals surface area contributed by atoms with Gasteiger partial charge in [0.25, 0.3) is 0 Å². The Labute approximate surface area is 136 Å². The molecule has 4 unspecified atom stereocenters. The Hall–Kier alpha value is -1.29. The lowest BCUT2D eigenvalue weighted by atomic mass is 9.58. The Morgan fingerprint density at radius 3 is 2.68 bits per heavy atom. The molecule has 1 aromatic rings. The number of imide groups is 1. The van der Waals surface area contributed by atoms with Crippen molar-refractivity contribution in [2.45, 2.75) is 44.9 Å². The predicted octanol–water partition coefficient (Wildman–Crippen LogP) is 3.27. The summed E-state index contributed by atoms with van der Waals surface area (Å²) in [5, 5.41) is 0. The third-order valence-electron chi connectivity index (χ3n) is 5.99. The molecule has 4 rings (SSSR count). The van der Waals surface area contributed by atoms with E-state index in [2.05, 4.69) is 37.9 Å². The lowest BCUT2D eigenvalue weighted by molar-refractivity contribution is -0.150. The first-order valence-corrected chi connectivity index (χ1v) is 8.61. The molecule has 0 bridgehead atoms. The Morgan fingerprint density at radius 1 is 1.09 bits per heavy atom. The minimum Gasteiger partial charge on any atom is -0.273 e. The summed E-state index contributed by atoms with van der Waals surface area (Å²) in [6.45, 7) is 2.14. The average molecular weight is 315 g/mol. The van der Waals surface area contributed by atoms with Gasteiger partial charge in [-0.2, -0.15) is 0 Å². The number of carbonyl (C=O) groups is 2. The van der Waals surface area contributed by atoms with E-state index in [1.807, 2.05) is 0 Å². The topological polar surface area (TPSA) is 37.4 Å². The molecule has 0 spiro atoms. The van der Waals surface area contributed by atoms with E-state index in [1.54, 1.807) is 0 Å². The number of benzene rings is 1. The van der Waals surface area contributed by atoms with Gasteiger partial charge in [0.05, 0.1) is 0 Å². The smallest absolute Gasteiger partial charge is 0.242 e. The first-order valence-electron chi connectivity index (χ1n) is 8.21. The number of aryl methyl sites for hydroxylation is 2. The standard InChI is InChI=1S/C18H21NO2S/c1-10-2-4-12-11(8-10)3-5-14-13(12)6-7-15-16(14)9-17(20)19(22)18(15)21/h2,4,8,13-16,22H,3,5-7,9H2,1H3. The number of nitrogens with zero attached hydrogens (tertiary/aromatic N) is 1. The van der Waals surface area contributed by atoms with Gasteiger partial charge in [-0.3, -0.25) is 9.59 Å². The van der Waals surface area contributed by atoms with Crippen molar-refractivity contribution in [3.63, 3.8) is 0 Å². The number of piperidine rings is 1. The Morgan fingerprint density at radius 2 is 1.86 bits per heavy atom. The van der Waals surface area contributed by atoms with E-state index in [4.69, 9.17) is 0 Å². The average Bonchev–Trinajstić information content (AvgIpc) is 2.51. The van der Waals surface area contributed by atoms with Crippen LogP contribution in [0.3, 0.4) is 0 Å². The summed E-state index contributed by atoms with van der Waals surface area (Å²) >= 11 is 4.08. The van der Waals surface area contributed by atoms with E-state index >= 15 is 0 Å². The fraction of sp³-hybridized carbons (Fsp3) is 0.556. The summed E-state index contributed by atoms with van der Waals surface area (Å²) in [7, 11) is 0. The van der Waals surface area contributed by atoms with Crippen LogP contribution in [-0.4, -0.2) is 16.1 Å². The van der Waals surface area contributed by atoms with Gasteiger partial charge in [-0.25, -0.2) is 4.31 Å². The second kappa shape index (κ2) is 5.12. The van der Waals surface area contributed by atoms with Crippen LogP contribution < -0.4 is 0 Å². The molecule has 2 fully saturated rings. The summed E-state index contributed by atoms with van der Waals surface area (Å²) in [5.41, 5.74) is 4.26. The molecule has 3 aliphatic rings. The molecule has 116 valence electrons. The third kappa shape index (κ3) is 2.03. The minimum absolute atomic E-state index is 0.00319. The van der Waals surface area contributed by atoms with E-state index in [-0.39, 0.29) is 23.7 Å². The van der Waals surface area contributed by atoms with Crippen LogP contribution in [0.25, 0.3) is 0 Å². The van der Waals surface area contributed by atoms with Crippen LogP contribution in [0, 0.1) is 24.7 Å². The number of thiol groups is 1. The number of amides is 2. The summed E-state index contributed by atoms with van der Waals surface area (Å²) in [4.78, 5) is 24.4. The normalized spacial score (nSPS) is 34.0. The highest BCUT2D eigenvalue weighted by Gasteiger charge is 2.49. The number of fused-ring (bicyclic) bond motifs is 5. The summed E-state index contributed by atoms with van der Waals surface area (Å²) in [6.07, 6.45) is 4.62. The molecule has 2 amide bonds. The zero-order valence-electron chi connectivity index (χ0n) is 12.8. The van der Waals surface area contributed by atoms with Crippen molar-refractivity contribution in [3.8, 4) is 0 Å². The Bertz CT molecular complexity index is 656. The SMILES string of the molecule is Cc1ccc2c(c1)CCC1C2CCC2C(=O)N(S)C(=O)CC21. The molecule has 0 N–H and O–H groups in total. The molecule has 1 saturated heterocycles. The summed E-state index contributed by atoms with van der Waals surface area (Å²) < 4.78 is 1.06. The molecular weight excluding hydrogens is 294 g/mol. The van der Waals surface area contributed by atoms with Crippen LogP contribution in [0.2, 0.25) is 0 Å². The zero-order valence-corrected chi connectivity index (χ0v) is 13.7. The first-order chi connectivity index (χ1) is 10.6. The van der Waals surface area contributed by atoms with Crippen molar-refractivity contribution in [3.05, 3.63) is 34.9 Å². The summed E-state index contributed by atoms with van der Waals surface area (Å²) in [5.74, 6) is 1.03. The maximum atomic E-state index is 12.4. The molecule has 1 heterocycles. The van der Waals surface area contributed by atoms with Gasteiger partial charge in [0.1, 0.15) is 0 Å². The second-order valence-electron chi connectivity index (χ2n) is 7.11. The fourth-order valence-corrected chi connectivity index (χ4v) is 5.22. The van der Waals surface area contributed by atoms with Gasteiger partial charge in [0, 0.05) is 12.3 Å². The third-order valence-corrected chi connectivity index (χ3v) is 6.41. The molecule has 1 aliphatic heterocycles. The van der Waals surface area contributed by atoms with Gasteiger partial charge in [-0.05, 0) is 61.5 Å². The molecule has 22 heavy (non-hydrogen) atoms. The van der Waals surface area contributed by atoms with Crippen LogP contribution in [-0.2, 0) is 16.0 Å². The number of carbonyl (C=O) groups excluding carboxylic acids is 2. The van der Waals surface area contributed by atoms with E-state index in [9.17, 15) is 9.59 Å². The van der Waals surface area contributed by atoms with Crippen molar-refractivity contribution in [2.24, 2.45) is 17.8 Å². The molecule has 1 saturated carbocycles. The largest absolute Gasteiger partial charge is 0.273 e. The van der Waals surface area contributed by atoms with E-state index in [0.29, 0.717) is 18.3 Å². The van der Waals surface area contributed by atoms with E-state index in [1.165, 1.54) is 16.7 Å². The Kier molecular flexibility index (Phi) is 3.33. The van der Waals surface area contributed by atoms with Crippen LogP contribution in [0.15, 0.2) is 18.2 Å². The number of hydrogen-bond donors (Lipinski definition) is 1. The lowest BCUT2D eigenvalue weighted by Crippen LogP contribution is -2.50. The van der Waals surface area contributed by atoms with Crippen LogP contribution >= 0.6 is 12.8 Å². The molecular formula is C18H21NO2S. The van der Waals surface area contributed by atoms with Gasteiger partial charge in [0.15, 0.2) is 0 Å². The quantitative estimate of drug-likeness (QED) is 0.589. The van der Waals surface area contributed by atoms with Gasteiger partial charge in [0.2, 0.25) is 11.8 Å². The highest BCUT2D eigenvalue weighted by molar-refractivity contribution is 7.79. The molecule has 0 radical (unpaired) electrons. The van der Waals surface area contributed by atoms with Gasteiger partial charge >= 0.3 is 0 Å². The van der Waals surface area contributed by atoms with Crippen molar-refractivity contribution >= 4 is 24.6 Å². The summed E-state index contributed by atoms with van der Waals surface area (Å²) in [6, 6.07) is 6.78. The first kappa shape index (κ1) is 14.3. The van der Waals surface area contributed by atoms with Crippen molar-refractivity contribution in [2.75, 3.05) is 0 Å². The van der Waals surface area contributed by atoms with Crippen molar-refractivity contribution in [1.29, 1.82) is 0 Å².